The first kappa shape index (κ1) is 15.5. The van der Waals surface area contributed by atoms with Crippen molar-refractivity contribution in [3.05, 3.63) is 58.8 Å². The number of aromatic nitrogens is 1. The molecule has 1 unspecified atom stereocenters. The number of nitrogens with zero attached hydrogens (tertiary/aromatic N) is 1. The van der Waals surface area contributed by atoms with Gasteiger partial charge in [-0.25, -0.2) is 4.98 Å². The van der Waals surface area contributed by atoms with E-state index in [9.17, 15) is 9.90 Å². The van der Waals surface area contributed by atoms with Crippen LogP contribution in [0.2, 0.25) is 0 Å². The Bertz CT molecular complexity index is 644. The average molecular weight is 302 g/mol. The number of benzene rings is 1. The third kappa shape index (κ3) is 3.62. The second-order valence-corrected chi connectivity index (χ2v) is 5.91. The lowest BCUT2D eigenvalue weighted by molar-refractivity contribution is -0.136. The molecule has 2 aromatic rings. The summed E-state index contributed by atoms with van der Waals surface area (Å²) in [7, 11) is 0. The summed E-state index contributed by atoms with van der Waals surface area (Å²) in [5, 5.41) is 9.52. The first-order valence-corrected chi connectivity index (χ1v) is 7.52. The maximum absolute atomic E-state index is 11.6. The summed E-state index contributed by atoms with van der Waals surface area (Å²) in [4.78, 5) is 16.1. The minimum atomic E-state index is -0.880. The Morgan fingerprint density at radius 1 is 1.33 bits per heavy atom. The molecule has 0 fully saturated rings. The van der Waals surface area contributed by atoms with Crippen LogP contribution in [0.5, 0.6) is 0 Å². The van der Waals surface area contributed by atoms with Crippen LogP contribution in [0, 0.1) is 13.8 Å². The van der Waals surface area contributed by atoms with E-state index in [4.69, 9.17) is 5.73 Å². The van der Waals surface area contributed by atoms with Crippen molar-refractivity contribution in [1.29, 1.82) is 0 Å². The van der Waals surface area contributed by atoms with Gasteiger partial charge in [-0.15, -0.1) is 0 Å². The standard InChI is InChI=1S/C16H18N2O2S/c1-10-8-11(2)18-15(13(10)9-17)21-14(16(19)20)12-6-4-3-5-7-12/h3-8,14H,9,17H2,1-2H3,(H,19,20). The van der Waals surface area contributed by atoms with E-state index in [2.05, 4.69) is 4.98 Å². The maximum Gasteiger partial charge on any atom is 0.321 e. The lowest BCUT2D eigenvalue weighted by atomic mass is 10.1. The number of carbonyl (C=O) groups is 1. The number of carboxylic acid groups (broad SMARTS) is 1. The molecular weight excluding hydrogens is 284 g/mol. The van der Waals surface area contributed by atoms with E-state index in [-0.39, 0.29) is 0 Å². The van der Waals surface area contributed by atoms with Crippen molar-refractivity contribution in [3.8, 4) is 0 Å². The molecule has 1 aromatic carbocycles. The molecule has 1 atom stereocenters. The van der Waals surface area contributed by atoms with Gasteiger partial charge in [0, 0.05) is 17.8 Å². The third-order valence-electron chi connectivity index (χ3n) is 3.20. The number of hydrogen-bond donors (Lipinski definition) is 2. The molecule has 0 saturated carbocycles. The molecule has 1 aromatic heterocycles. The molecule has 0 amide bonds. The first-order chi connectivity index (χ1) is 10.0. The molecule has 0 saturated heterocycles. The van der Waals surface area contributed by atoms with Crippen molar-refractivity contribution in [2.24, 2.45) is 5.73 Å². The second-order valence-electron chi connectivity index (χ2n) is 4.82. The minimum absolute atomic E-state index is 0.350. The molecule has 2 rings (SSSR count). The molecule has 3 N–H and O–H groups in total. The van der Waals surface area contributed by atoms with Gasteiger partial charge in [-0.2, -0.15) is 0 Å². The highest BCUT2D eigenvalue weighted by atomic mass is 32.2. The van der Waals surface area contributed by atoms with Crippen LogP contribution in [0.15, 0.2) is 41.4 Å². The number of aliphatic carboxylic acids is 1. The predicted octanol–water partition coefficient (Wildman–Crippen LogP) is 3.08. The van der Waals surface area contributed by atoms with Crippen molar-refractivity contribution in [2.75, 3.05) is 0 Å². The average Bonchev–Trinajstić information content (AvgIpc) is 2.45. The van der Waals surface area contributed by atoms with Gasteiger partial charge in [0.25, 0.3) is 0 Å². The number of carboxylic acids is 1. The van der Waals surface area contributed by atoms with E-state index < -0.39 is 11.2 Å². The van der Waals surface area contributed by atoms with Crippen LogP contribution in [-0.2, 0) is 11.3 Å². The zero-order chi connectivity index (χ0) is 15.4. The number of pyridine rings is 1. The highest BCUT2D eigenvalue weighted by Crippen LogP contribution is 2.37. The lowest BCUT2D eigenvalue weighted by Crippen LogP contribution is -2.11. The van der Waals surface area contributed by atoms with Gasteiger partial charge in [0.1, 0.15) is 10.3 Å². The van der Waals surface area contributed by atoms with Crippen LogP contribution in [0.4, 0.5) is 0 Å². The van der Waals surface area contributed by atoms with Crippen molar-refractivity contribution in [3.63, 3.8) is 0 Å². The molecule has 0 radical (unpaired) electrons. The van der Waals surface area contributed by atoms with E-state index in [1.807, 2.05) is 50.2 Å². The van der Waals surface area contributed by atoms with Crippen molar-refractivity contribution in [1.82, 2.24) is 4.98 Å². The minimum Gasteiger partial charge on any atom is -0.480 e. The van der Waals surface area contributed by atoms with E-state index in [1.54, 1.807) is 0 Å². The molecule has 1 heterocycles. The van der Waals surface area contributed by atoms with Crippen LogP contribution in [0.1, 0.15) is 27.6 Å². The Kier molecular flexibility index (Phi) is 4.98. The molecule has 0 aliphatic rings. The fraction of sp³-hybridized carbons (Fsp3) is 0.250. The normalized spacial score (nSPS) is 12.1. The Labute approximate surface area is 128 Å². The van der Waals surface area contributed by atoms with Crippen molar-refractivity contribution >= 4 is 17.7 Å². The molecule has 4 nitrogen and oxygen atoms in total. The van der Waals surface area contributed by atoms with E-state index in [0.29, 0.717) is 11.6 Å². The topological polar surface area (TPSA) is 76.2 Å². The number of aryl methyl sites for hydroxylation is 2. The van der Waals surface area contributed by atoms with Crippen LogP contribution in [-0.4, -0.2) is 16.1 Å². The summed E-state index contributed by atoms with van der Waals surface area (Å²) in [5.74, 6) is -0.880. The molecule has 0 bridgehead atoms. The van der Waals surface area contributed by atoms with Crippen LogP contribution in [0.3, 0.4) is 0 Å². The molecular formula is C16H18N2O2S. The molecule has 0 aliphatic carbocycles. The number of nitrogens with two attached hydrogens (primary N) is 1. The van der Waals surface area contributed by atoms with Crippen LogP contribution < -0.4 is 5.73 Å². The first-order valence-electron chi connectivity index (χ1n) is 6.64. The second kappa shape index (κ2) is 6.74. The van der Waals surface area contributed by atoms with Gasteiger partial charge in [-0.1, -0.05) is 42.1 Å². The SMILES string of the molecule is Cc1cc(C)c(CN)c(SC(C(=O)O)c2ccccc2)n1. The van der Waals surface area contributed by atoms with E-state index in [1.165, 1.54) is 11.8 Å². The van der Waals surface area contributed by atoms with Gasteiger partial charge >= 0.3 is 5.97 Å². The fourth-order valence-corrected chi connectivity index (χ4v) is 3.38. The van der Waals surface area contributed by atoms with Crippen LogP contribution >= 0.6 is 11.8 Å². The highest BCUT2D eigenvalue weighted by Gasteiger charge is 2.23. The van der Waals surface area contributed by atoms with Crippen LogP contribution in [0.25, 0.3) is 0 Å². The quantitative estimate of drug-likeness (QED) is 0.830. The van der Waals surface area contributed by atoms with Gasteiger partial charge in [0.05, 0.1) is 0 Å². The third-order valence-corrected chi connectivity index (χ3v) is 4.47. The Hall–Kier alpha value is -1.85. The molecule has 0 aliphatic heterocycles. The molecule has 21 heavy (non-hydrogen) atoms. The summed E-state index contributed by atoms with van der Waals surface area (Å²) in [5.41, 5.74) is 9.36. The molecule has 0 spiro atoms. The monoisotopic (exact) mass is 302 g/mol. The highest BCUT2D eigenvalue weighted by molar-refractivity contribution is 8.00. The Balaban J connectivity index is 2.41. The van der Waals surface area contributed by atoms with Crippen molar-refractivity contribution < 1.29 is 9.90 Å². The Morgan fingerprint density at radius 2 is 2.00 bits per heavy atom. The van der Waals surface area contributed by atoms with Crippen molar-refractivity contribution in [2.45, 2.75) is 30.7 Å². The summed E-state index contributed by atoms with van der Waals surface area (Å²) >= 11 is 1.24. The smallest absolute Gasteiger partial charge is 0.321 e. The van der Waals surface area contributed by atoms with Gasteiger partial charge in [-0.3, -0.25) is 4.79 Å². The maximum atomic E-state index is 11.6. The molecule has 110 valence electrons. The van der Waals surface area contributed by atoms with Gasteiger partial charge < -0.3 is 10.8 Å². The summed E-state index contributed by atoms with van der Waals surface area (Å²) in [6.07, 6.45) is 0. The summed E-state index contributed by atoms with van der Waals surface area (Å²) in [6.45, 7) is 4.22. The summed E-state index contributed by atoms with van der Waals surface area (Å²) in [6, 6.07) is 11.1. The predicted molar refractivity (Wildman–Crippen MR) is 84.3 cm³/mol. The zero-order valence-corrected chi connectivity index (χ0v) is 12.9. The van der Waals surface area contributed by atoms with Gasteiger partial charge in [0.15, 0.2) is 0 Å². The number of hydrogen-bond acceptors (Lipinski definition) is 4. The number of thioether (sulfide) groups is 1. The molecule has 5 heteroatoms. The van der Waals surface area contributed by atoms with Gasteiger partial charge in [0.2, 0.25) is 0 Å². The Morgan fingerprint density at radius 3 is 2.57 bits per heavy atom. The van der Waals surface area contributed by atoms with Gasteiger partial charge in [-0.05, 0) is 31.0 Å². The van der Waals surface area contributed by atoms with E-state index in [0.717, 1.165) is 22.4 Å². The fourth-order valence-electron chi connectivity index (χ4n) is 2.18. The largest absolute Gasteiger partial charge is 0.480 e. The number of rotatable bonds is 5. The summed E-state index contributed by atoms with van der Waals surface area (Å²) < 4.78 is 0. The van der Waals surface area contributed by atoms with E-state index >= 15 is 0 Å². The lowest BCUT2D eigenvalue weighted by Gasteiger charge is -2.16. The zero-order valence-electron chi connectivity index (χ0n) is 12.0.